The summed E-state index contributed by atoms with van der Waals surface area (Å²) in [6.45, 7) is 2.22. The Morgan fingerprint density at radius 3 is 2.67 bits per heavy atom. The summed E-state index contributed by atoms with van der Waals surface area (Å²) in [5.41, 5.74) is 6.17. The zero-order valence-electron chi connectivity index (χ0n) is 12.8. The molecular formula is C17H26N2O2. The summed E-state index contributed by atoms with van der Waals surface area (Å²) < 4.78 is 5.26. The van der Waals surface area contributed by atoms with Gasteiger partial charge < -0.3 is 15.8 Å². The van der Waals surface area contributed by atoms with E-state index in [4.69, 9.17) is 10.5 Å². The first-order valence-corrected chi connectivity index (χ1v) is 7.95. The number of ether oxygens (including phenoxy) is 1. The molecule has 4 heteroatoms. The minimum absolute atomic E-state index is 0.0756. The zero-order chi connectivity index (χ0) is 15.1. The standard InChI is InChI=1S/C17H26N2O2/c1-2-13-4-3-5-14(7-6-13)19-15-8-10-16(11-9-15)21-12-17(18)20/h8-11,13-14,19H,2-7,12H2,1H3,(H2,18,20). The minimum Gasteiger partial charge on any atom is -0.484 e. The lowest BCUT2D eigenvalue weighted by molar-refractivity contribution is -0.119. The van der Waals surface area contributed by atoms with Gasteiger partial charge in [-0.05, 0) is 49.4 Å². The number of anilines is 1. The Morgan fingerprint density at radius 1 is 1.24 bits per heavy atom. The third-order valence-corrected chi connectivity index (χ3v) is 4.27. The highest BCUT2D eigenvalue weighted by Crippen LogP contribution is 2.27. The largest absolute Gasteiger partial charge is 0.484 e. The summed E-state index contributed by atoms with van der Waals surface area (Å²) in [7, 11) is 0. The highest BCUT2D eigenvalue weighted by Gasteiger charge is 2.17. The predicted octanol–water partition coefficient (Wildman–Crippen LogP) is 3.32. The number of carbonyl (C=O) groups is 1. The van der Waals surface area contributed by atoms with Gasteiger partial charge in [-0.15, -0.1) is 0 Å². The minimum atomic E-state index is -0.457. The highest BCUT2D eigenvalue weighted by molar-refractivity contribution is 5.75. The number of carbonyl (C=O) groups excluding carboxylic acids is 1. The molecule has 3 N–H and O–H groups in total. The molecule has 1 aliphatic rings. The van der Waals surface area contributed by atoms with Gasteiger partial charge in [0.15, 0.2) is 6.61 Å². The van der Waals surface area contributed by atoms with E-state index < -0.39 is 5.91 Å². The molecule has 21 heavy (non-hydrogen) atoms. The van der Waals surface area contributed by atoms with Crippen LogP contribution in [0.25, 0.3) is 0 Å². The first kappa shape index (κ1) is 15.7. The van der Waals surface area contributed by atoms with Gasteiger partial charge in [0.05, 0.1) is 0 Å². The van der Waals surface area contributed by atoms with Gasteiger partial charge in [-0.3, -0.25) is 4.79 Å². The van der Waals surface area contributed by atoms with Crippen LogP contribution in [0.15, 0.2) is 24.3 Å². The van der Waals surface area contributed by atoms with Crippen molar-refractivity contribution < 1.29 is 9.53 Å². The Balaban J connectivity index is 1.83. The number of primary amides is 1. The van der Waals surface area contributed by atoms with Gasteiger partial charge in [0.1, 0.15) is 5.75 Å². The van der Waals surface area contributed by atoms with Crippen LogP contribution in [0.2, 0.25) is 0 Å². The van der Waals surface area contributed by atoms with Gasteiger partial charge >= 0.3 is 0 Å². The van der Waals surface area contributed by atoms with E-state index in [1.807, 2.05) is 24.3 Å². The molecule has 1 amide bonds. The normalized spacial score (nSPS) is 22.3. The average Bonchev–Trinajstić information content (AvgIpc) is 2.71. The van der Waals surface area contributed by atoms with E-state index in [9.17, 15) is 4.79 Å². The van der Waals surface area contributed by atoms with Crippen molar-refractivity contribution in [3.8, 4) is 5.75 Å². The number of benzene rings is 1. The molecule has 0 aromatic heterocycles. The van der Waals surface area contributed by atoms with Crippen LogP contribution in [-0.2, 0) is 4.79 Å². The molecule has 2 rings (SSSR count). The molecule has 1 aromatic rings. The lowest BCUT2D eigenvalue weighted by atomic mass is 9.98. The molecule has 0 spiro atoms. The summed E-state index contributed by atoms with van der Waals surface area (Å²) in [5.74, 6) is 1.12. The number of amides is 1. The van der Waals surface area contributed by atoms with E-state index in [-0.39, 0.29) is 6.61 Å². The van der Waals surface area contributed by atoms with Crippen molar-refractivity contribution in [1.29, 1.82) is 0 Å². The molecule has 0 bridgehead atoms. The molecule has 116 valence electrons. The lowest BCUT2D eigenvalue weighted by Gasteiger charge is -2.18. The predicted molar refractivity (Wildman–Crippen MR) is 85.4 cm³/mol. The summed E-state index contributed by atoms with van der Waals surface area (Å²) in [6.07, 6.45) is 7.81. The van der Waals surface area contributed by atoms with Crippen LogP contribution in [-0.4, -0.2) is 18.6 Å². The molecule has 0 aliphatic heterocycles. The first-order chi connectivity index (χ1) is 10.2. The van der Waals surface area contributed by atoms with E-state index in [0.717, 1.165) is 11.6 Å². The molecule has 0 radical (unpaired) electrons. The lowest BCUT2D eigenvalue weighted by Crippen LogP contribution is -2.20. The van der Waals surface area contributed by atoms with E-state index in [1.165, 1.54) is 38.5 Å². The number of nitrogens with two attached hydrogens (primary N) is 1. The van der Waals surface area contributed by atoms with Gasteiger partial charge in [0.2, 0.25) is 0 Å². The molecule has 1 aliphatic carbocycles. The van der Waals surface area contributed by atoms with Crippen molar-refractivity contribution in [3.63, 3.8) is 0 Å². The fraction of sp³-hybridized carbons (Fsp3) is 0.588. The third kappa shape index (κ3) is 5.29. The molecule has 0 heterocycles. The zero-order valence-corrected chi connectivity index (χ0v) is 12.8. The molecule has 2 atom stereocenters. The summed E-state index contributed by atoms with van der Waals surface area (Å²) in [4.78, 5) is 10.7. The van der Waals surface area contributed by atoms with Gasteiger partial charge in [0, 0.05) is 11.7 Å². The maximum atomic E-state index is 10.7. The Hall–Kier alpha value is -1.71. The SMILES string of the molecule is CCC1CCCC(Nc2ccc(OCC(N)=O)cc2)CC1. The number of rotatable bonds is 6. The van der Waals surface area contributed by atoms with E-state index >= 15 is 0 Å². The second-order valence-electron chi connectivity index (χ2n) is 5.90. The summed E-state index contributed by atoms with van der Waals surface area (Å²) in [5, 5.41) is 3.61. The second-order valence-corrected chi connectivity index (χ2v) is 5.90. The van der Waals surface area contributed by atoms with Crippen LogP contribution in [0, 0.1) is 5.92 Å². The van der Waals surface area contributed by atoms with Crippen molar-refractivity contribution in [3.05, 3.63) is 24.3 Å². The third-order valence-electron chi connectivity index (χ3n) is 4.27. The molecule has 1 fully saturated rings. The van der Waals surface area contributed by atoms with E-state index in [2.05, 4.69) is 12.2 Å². The maximum Gasteiger partial charge on any atom is 0.255 e. The van der Waals surface area contributed by atoms with E-state index in [1.54, 1.807) is 0 Å². The van der Waals surface area contributed by atoms with Crippen molar-refractivity contribution in [2.24, 2.45) is 11.7 Å². The van der Waals surface area contributed by atoms with Gasteiger partial charge in [-0.1, -0.05) is 26.2 Å². The van der Waals surface area contributed by atoms with Crippen molar-refractivity contribution in [1.82, 2.24) is 0 Å². The van der Waals surface area contributed by atoms with Crippen molar-refractivity contribution >= 4 is 11.6 Å². The van der Waals surface area contributed by atoms with Gasteiger partial charge in [-0.2, -0.15) is 0 Å². The molecule has 1 aromatic carbocycles. The van der Waals surface area contributed by atoms with Crippen LogP contribution in [0.5, 0.6) is 5.75 Å². The fourth-order valence-electron chi connectivity index (χ4n) is 2.97. The van der Waals surface area contributed by atoms with Crippen LogP contribution < -0.4 is 15.8 Å². The number of hydrogen-bond donors (Lipinski definition) is 2. The molecule has 2 unspecified atom stereocenters. The van der Waals surface area contributed by atoms with E-state index in [0.29, 0.717) is 11.8 Å². The van der Waals surface area contributed by atoms with Crippen LogP contribution in [0.4, 0.5) is 5.69 Å². The van der Waals surface area contributed by atoms with Crippen LogP contribution >= 0.6 is 0 Å². The molecular weight excluding hydrogens is 264 g/mol. The smallest absolute Gasteiger partial charge is 0.255 e. The van der Waals surface area contributed by atoms with Crippen LogP contribution in [0.1, 0.15) is 45.4 Å². The Bertz CT molecular complexity index is 445. The number of nitrogens with one attached hydrogen (secondary N) is 1. The highest BCUT2D eigenvalue weighted by atomic mass is 16.5. The van der Waals surface area contributed by atoms with Crippen molar-refractivity contribution in [2.45, 2.75) is 51.5 Å². The van der Waals surface area contributed by atoms with Gasteiger partial charge in [-0.25, -0.2) is 0 Å². The average molecular weight is 290 g/mol. The molecule has 1 saturated carbocycles. The Labute approximate surface area is 127 Å². The van der Waals surface area contributed by atoms with Crippen molar-refractivity contribution in [2.75, 3.05) is 11.9 Å². The Morgan fingerprint density at radius 2 is 2.00 bits per heavy atom. The summed E-state index contributed by atoms with van der Waals surface area (Å²) >= 11 is 0. The maximum absolute atomic E-state index is 10.7. The summed E-state index contributed by atoms with van der Waals surface area (Å²) in [6, 6.07) is 8.31. The second kappa shape index (κ2) is 7.91. The molecule has 4 nitrogen and oxygen atoms in total. The topological polar surface area (TPSA) is 64.3 Å². The van der Waals surface area contributed by atoms with Crippen LogP contribution in [0.3, 0.4) is 0 Å². The first-order valence-electron chi connectivity index (χ1n) is 7.95. The Kier molecular flexibility index (Phi) is 5.90. The fourth-order valence-corrected chi connectivity index (χ4v) is 2.97. The molecule has 0 saturated heterocycles. The quantitative estimate of drug-likeness (QED) is 0.790. The van der Waals surface area contributed by atoms with Gasteiger partial charge in [0.25, 0.3) is 5.91 Å². The number of hydrogen-bond acceptors (Lipinski definition) is 3. The monoisotopic (exact) mass is 290 g/mol.